The van der Waals surface area contributed by atoms with E-state index >= 15 is 0 Å². The summed E-state index contributed by atoms with van der Waals surface area (Å²) < 4.78 is 4.81. The maximum Gasteiger partial charge on any atom is 0.235 e. The molecule has 6 aromatic carbocycles. The highest BCUT2D eigenvalue weighted by Crippen LogP contribution is 2.47. The van der Waals surface area contributed by atoms with Gasteiger partial charge in [-0.05, 0) is 45.8 Å². The highest BCUT2D eigenvalue weighted by Gasteiger charge is 2.24. The summed E-state index contributed by atoms with van der Waals surface area (Å²) in [5, 5.41) is 9.82. The van der Waals surface area contributed by atoms with Crippen molar-refractivity contribution in [3.63, 3.8) is 0 Å². The number of benzene rings is 6. The van der Waals surface area contributed by atoms with Crippen LogP contribution in [0.15, 0.2) is 134 Å². The number of pyridine rings is 1. The van der Waals surface area contributed by atoms with Crippen molar-refractivity contribution in [2.45, 2.75) is 0 Å². The molecule has 0 amide bonds. The molecule has 10 aromatic rings. The van der Waals surface area contributed by atoms with E-state index < -0.39 is 0 Å². The van der Waals surface area contributed by atoms with E-state index in [4.69, 9.17) is 15.0 Å². The van der Waals surface area contributed by atoms with E-state index in [1.54, 1.807) is 0 Å². The first-order valence-corrected chi connectivity index (χ1v) is 15.5. The Morgan fingerprint density at radius 3 is 2.14 bits per heavy atom. The molecule has 10 rings (SSSR count). The summed E-state index contributed by atoms with van der Waals surface area (Å²) in [6.07, 6.45) is 1.83. The molecule has 4 nitrogen and oxygen atoms in total. The maximum atomic E-state index is 5.40. The van der Waals surface area contributed by atoms with Gasteiger partial charge in [-0.25, -0.2) is 9.97 Å². The molecule has 204 valence electrons. The van der Waals surface area contributed by atoms with Crippen LogP contribution in [-0.4, -0.2) is 19.5 Å². The topological polar surface area (TPSA) is 43.6 Å². The van der Waals surface area contributed by atoms with Crippen molar-refractivity contribution in [2.75, 3.05) is 0 Å². The van der Waals surface area contributed by atoms with E-state index in [9.17, 15) is 0 Å². The van der Waals surface area contributed by atoms with E-state index in [1.807, 2.05) is 29.7 Å². The van der Waals surface area contributed by atoms with Crippen LogP contribution in [0.25, 0.3) is 91.8 Å². The molecule has 0 fully saturated rings. The van der Waals surface area contributed by atoms with Gasteiger partial charge in [0, 0.05) is 38.0 Å². The van der Waals surface area contributed by atoms with Crippen molar-refractivity contribution >= 4 is 85.9 Å². The monoisotopic (exact) mass is 578 g/mol. The van der Waals surface area contributed by atoms with E-state index in [0.717, 1.165) is 38.7 Å². The molecule has 4 aromatic heterocycles. The van der Waals surface area contributed by atoms with Gasteiger partial charge in [0.15, 0.2) is 0 Å². The van der Waals surface area contributed by atoms with Crippen molar-refractivity contribution < 1.29 is 0 Å². The zero-order valence-corrected chi connectivity index (χ0v) is 24.2. The molecule has 0 unspecified atom stereocenters. The Kier molecular flexibility index (Phi) is 4.84. The van der Waals surface area contributed by atoms with Crippen LogP contribution in [0.1, 0.15) is 0 Å². The third-order valence-electron chi connectivity index (χ3n) is 8.84. The Hall–Kier alpha value is -5.65. The Morgan fingerprint density at radius 1 is 0.545 bits per heavy atom. The predicted octanol–water partition coefficient (Wildman–Crippen LogP) is 10.5. The molecule has 0 N–H and O–H groups in total. The van der Waals surface area contributed by atoms with E-state index in [0.29, 0.717) is 5.95 Å². The van der Waals surface area contributed by atoms with Crippen LogP contribution in [0, 0.1) is 0 Å². The minimum Gasteiger partial charge on any atom is -0.276 e. The molecule has 44 heavy (non-hydrogen) atoms. The fourth-order valence-electron chi connectivity index (χ4n) is 7.01. The zero-order chi connectivity index (χ0) is 28.8. The van der Waals surface area contributed by atoms with Gasteiger partial charge in [-0.2, -0.15) is 0 Å². The lowest BCUT2D eigenvalue weighted by Crippen LogP contribution is -2.04. The van der Waals surface area contributed by atoms with Crippen LogP contribution in [0.3, 0.4) is 0 Å². The molecule has 0 bridgehead atoms. The van der Waals surface area contributed by atoms with Crippen molar-refractivity contribution in [3.05, 3.63) is 134 Å². The number of para-hydroxylation sites is 1. The third-order valence-corrected chi connectivity index (χ3v) is 10.0. The molecule has 0 saturated carbocycles. The van der Waals surface area contributed by atoms with Crippen LogP contribution in [-0.2, 0) is 0 Å². The summed E-state index contributed by atoms with van der Waals surface area (Å²) >= 11 is 1.85. The fourth-order valence-corrected chi connectivity index (χ4v) is 8.27. The second kappa shape index (κ2) is 8.93. The first-order chi connectivity index (χ1) is 21.8. The van der Waals surface area contributed by atoms with Crippen LogP contribution in [0.2, 0.25) is 0 Å². The molecule has 0 aliphatic heterocycles. The number of hydrogen-bond acceptors (Lipinski definition) is 4. The second-order valence-corrected chi connectivity index (χ2v) is 12.2. The quantitative estimate of drug-likeness (QED) is 0.205. The first-order valence-electron chi connectivity index (χ1n) is 14.7. The summed E-state index contributed by atoms with van der Waals surface area (Å²) in [4.78, 5) is 15.4. The van der Waals surface area contributed by atoms with Crippen LogP contribution in [0.5, 0.6) is 0 Å². The van der Waals surface area contributed by atoms with Gasteiger partial charge in [0.2, 0.25) is 5.95 Å². The highest BCUT2D eigenvalue weighted by atomic mass is 32.1. The van der Waals surface area contributed by atoms with Crippen molar-refractivity contribution in [2.24, 2.45) is 0 Å². The van der Waals surface area contributed by atoms with Gasteiger partial charge in [0.25, 0.3) is 0 Å². The average molecular weight is 579 g/mol. The lowest BCUT2D eigenvalue weighted by atomic mass is 9.99. The Balaban J connectivity index is 1.43. The van der Waals surface area contributed by atoms with Crippen LogP contribution in [0.4, 0.5) is 0 Å². The standard InChI is InChI=1S/C39H22N4S/c1-2-13-24-23(11-1)12-9-18-27(24)35-36-30(19-10-22-40-36)41-39(42-35)43-31-20-7-5-16-28(31)33-25-14-3-4-15-26(25)34-29-17-6-8-21-32(29)44-38(34)37(33)43/h1-22H. The maximum absolute atomic E-state index is 5.40. The summed E-state index contributed by atoms with van der Waals surface area (Å²) in [7, 11) is 0. The van der Waals surface area contributed by atoms with E-state index in [-0.39, 0.29) is 0 Å². The second-order valence-electron chi connectivity index (χ2n) is 11.2. The first kappa shape index (κ1) is 23.9. The SMILES string of the molecule is c1ccc2c(-c3nc(-n4c5ccccc5c5c6ccccc6c6c7ccccc7sc6c54)nc4cccnc34)cccc2c1. The minimum atomic E-state index is 0.647. The van der Waals surface area contributed by atoms with Crippen LogP contribution < -0.4 is 0 Å². The number of thiophene rings is 1. The van der Waals surface area contributed by atoms with Crippen molar-refractivity contribution in [3.8, 4) is 17.2 Å². The molecular formula is C39H22N4S. The number of aromatic nitrogens is 4. The fraction of sp³-hybridized carbons (Fsp3) is 0. The van der Waals surface area contributed by atoms with E-state index in [2.05, 4.69) is 120 Å². The predicted molar refractivity (Wildman–Crippen MR) is 185 cm³/mol. The largest absolute Gasteiger partial charge is 0.276 e. The number of hydrogen-bond donors (Lipinski definition) is 0. The summed E-state index contributed by atoms with van der Waals surface area (Å²) in [5.74, 6) is 0.647. The van der Waals surface area contributed by atoms with Gasteiger partial charge in [-0.1, -0.05) is 103 Å². The summed E-state index contributed by atoms with van der Waals surface area (Å²) in [6, 6.07) is 45.1. The minimum absolute atomic E-state index is 0.647. The van der Waals surface area contributed by atoms with Gasteiger partial charge in [-0.15, -0.1) is 11.3 Å². The number of fused-ring (bicyclic) bond motifs is 12. The molecule has 5 heteroatoms. The van der Waals surface area contributed by atoms with E-state index in [1.165, 1.54) is 47.1 Å². The molecule has 0 saturated heterocycles. The lowest BCUT2D eigenvalue weighted by molar-refractivity contribution is 1.01. The van der Waals surface area contributed by atoms with Gasteiger partial charge >= 0.3 is 0 Å². The average Bonchev–Trinajstić information content (AvgIpc) is 3.65. The van der Waals surface area contributed by atoms with Gasteiger partial charge in [0.1, 0.15) is 11.2 Å². The smallest absolute Gasteiger partial charge is 0.235 e. The molecule has 0 radical (unpaired) electrons. The lowest BCUT2D eigenvalue weighted by Gasteiger charge is -2.13. The normalized spacial score (nSPS) is 12.1. The number of rotatable bonds is 2. The van der Waals surface area contributed by atoms with Crippen molar-refractivity contribution in [1.82, 2.24) is 19.5 Å². The molecule has 0 aliphatic carbocycles. The van der Waals surface area contributed by atoms with Crippen molar-refractivity contribution in [1.29, 1.82) is 0 Å². The molecule has 0 atom stereocenters. The molecular weight excluding hydrogens is 557 g/mol. The Labute approximate surface area is 255 Å². The zero-order valence-electron chi connectivity index (χ0n) is 23.4. The number of nitrogens with zero attached hydrogens (tertiary/aromatic N) is 4. The molecule has 0 aliphatic rings. The molecule has 4 heterocycles. The highest BCUT2D eigenvalue weighted by molar-refractivity contribution is 7.27. The Bertz CT molecular complexity index is 2780. The van der Waals surface area contributed by atoms with Gasteiger partial charge in [-0.3, -0.25) is 9.55 Å². The Morgan fingerprint density at radius 2 is 1.25 bits per heavy atom. The van der Waals surface area contributed by atoms with Crippen LogP contribution >= 0.6 is 11.3 Å². The van der Waals surface area contributed by atoms with Gasteiger partial charge in [0.05, 0.1) is 21.3 Å². The summed E-state index contributed by atoms with van der Waals surface area (Å²) in [6.45, 7) is 0. The molecule has 0 spiro atoms. The van der Waals surface area contributed by atoms with Gasteiger partial charge < -0.3 is 0 Å². The third kappa shape index (κ3) is 3.19. The summed E-state index contributed by atoms with van der Waals surface area (Å²) in [5.41, 5.74) is 5.74.